The highest BCUT2D eigenvalue weighted by molar-refractivity contribution is 8.00. The fourth-order valence-electron chi connectivity index (χ4n) is 1.27. The van der Waals surface area contributed by atoms with Gasteiger partial charge in [0.1, 0.15) is 4.90 Å². The van der Waals surface area contributed by atoms with Gasteiger partial charge in [0.25, 0.3) is 0 Å². The summed E-state index contributed by atoms with van der Waals surface area (Å²) in [5, 5.41) is 9.20. The first-order valence-corrected chi connectivity index (χ1v) is 8.74. The van der Waals surface area contributed by atoms with E-state index in [1.54, 1.807) is 17.8 Å². The van der Waals surface area contributed by atoms with Crippen LogP contribution in [0.15, 0.2) is 23.1 Å². The molecular formula is C12H18ClNO3S2. The number of benzene rings is 1. The lowest BCUT2D eigenvalue weighted by molar-refractivity contribution is 0.281. The van der Waals surface area contributed by atoms with Crippen molar-refractivity contribution in [3.8, 4) is 0 Å². The van der Waals surface area contributed by atoms with Gasteiger partial charge >= 0.3 is 0 Å². The van der Waals surface area contributed by atoms with Crippen LogP contribution in [-0.2, 0) is 16.6 Å². The van der Waals surface area contributed by atoms with E-state index in [1.165, 1.54) is 12.1 Å². The monoisotopic (exact) mass is 323 g/mol. The minimum absolute atomic E-state index is 0.00220. The smallest absolute Gasteiger partial charge is 0.242 e. The Bertz CT molecular complexity index is 544. The first kappa shape index (κ1) is 16.8. The van der Waals surface area contributed by atoms with Crippen molar-refractivity contribution < 1.29 is 13.5 Å². The van der Waals surface area contributed by atoms with Gasteiger partial charge in [-0.25, -0.2) is 13.1 Å². The van der Waals surface area contributed by atoms with Gasteiger partial charge in [0, 0.05) is 11.3 Å². The number of hydrogen-bond donors (Lipinski definition) is 2. The van der Waals surface area contributed by atoms with Crippen molar-refractivity contribution in [3.63, 3.8) is 0 Å². The fraction of sp³-hybridized carbons (Fsp3) is 0.500. The summed E-state index contributed by atoms with van der Waals surface area (Å²) in [6, 6.07) is 4.45. The van der Waals surface area contributed by atoms with Crippen LogP contribution in [-0.4, -0.2) is 31.1 Å². The second kappa shape index (κ2) is 6.45. The minimum Gasteiger partial charge on any atom is -0.392 e. The van der Waals surface area contributed by atoms with E-state index in [-0.39, 0.29) is 21.3 Å². The summed E-state index contributed by atoms with van der Waals surface area (Å²) >= 11 is 7.49. The number of nitrogens with one attached hydrogen (secondary N) is 1. The molecule has 108 valence electrons. The van der Waals surface area contributed by atoms with Crippen LogP contribution in [0.1, 0.15) is 19.4 Å². The SMILES string of the molecule is CSC(C)(C)CNS(=O)(=O)c1cc(CO)ccc1Cl. The molecule has 0 radical (unpaired) electrons. The molecule has 0 aliphatic rings. The Labute approximate surface area is 123 Å². The molecule has 0 aliphatic carbocycles. The van der Waals surface area contributed by atoms with Gasteiger partial charge in [-0.2, -0.15) is 11.8 Å². The second-order valence-corrected chi connectivity index (χ2v) is 8.37. The lowest BCUT2D eigenvalue weighted by atomic mass is 10.2. The Morgan fingerprint density at radius 2 is 2.05 bits per heavy atom. The number of thioether (sulfide) groups is 1. The fourth-order valence-corrected chi connectivity index (χ4v) is 3.34. The van der Waals surface area contributed by atoms with Crippen LogP contribution in [0.3, 0.4) is 0 Å². The van der Waals surface area contributed by atoms with Crippen LogP contribution < -0.4 is 4.72 Å². The molecule has 0 spiro atoms. The van der Waals surface area contributed by atoms with Crippen molar-refractivity contribution in [2.75, 3.05) is 12.8 Å². The van der Waals surface area contributed by atoms with Gasteiger partial charge < -0.3 is 5.11 Å². The van der Waals surface area contributed by atoms with E-state index in [9.17, 15) is 8.42 Å². The van der Waals surface area contributed by atoms with Crippen molar-refractivity contribution in [1.29, 1.82) is 0 Å². The molecule has 0 amide bonds. The topological polar surface area (TPSA) is 66.4 Å². The average molecular weight is 324 g/mol. The molecule has 1 aromatic rings. The quantitative estimate of drug-likeness (QED) is 0.842. The van der Waals surface area contributed by atoms with E-state index in [0.717, 1.165) is 0 Å². The standard InChI is InChI=1S/C12H18ClNO3S2/c1-12(2,18-3)8-14-19(16,17)11-6-9(7-15)4-5-10(11)13/h4-6,14-15H,7-8H2,1-3H3. The molecule has 19 heavy (non-hydrogen) atoms. The van der Waals surface area contributed by atoms with Crippen LogP contribution in [0.5, 0.6) is 0 Å². The van der Waals surface area contributed by atoms with E-state index in [0.29, 0.717) is 12.1 Å². The molecule has 4 nitrogen and oxygen atoms in total. The summed E-state index contributed by atoms with van der Waals surface area (Å²) in [5.74, 6) is 0. The highest BCUT2D eigenvalue weighted by Gasteiger charge is 2.23. The Balaban J connectivity index is 3.00. The normalized spacial score (nSPS) is 12.7. The molecule has 1 rings (SSSR count). The summed E-state index contributed by atoms with van der Waals surface area (Å²) in [7, 11) is -3.67. The molecule has 0 aliphatic heterocycles. The molecule has 0 fully saturated rings. The number of aliphatic hydroxyl groups is 1. The summed E-state index contributed by atoms with van der Waals surface area (Å²) in [6.07, 6.45) is 1.92. The molecule has 0 heterocycles. The first-order valence-electron chi connectivity index (χ1n) is 5.66. The van der Waals surface area contributed by atoms with Gasteiger partial charge in [0.15, 0.2) is 0 Å². The third-order valence-corrected chi connectivity index (χ3v) is 5.84. The highest BCUT2D eigenvalue weighted by Crippen LogP contribution is 2.24. The molecule has 7 heteroatoms. The number of rotatable bonds is 6. The molecule has 0 bridgehead atoms. The van der Waals surface area contributed by atoms with Crippen molar-refractivity contribution in [2.24, 2.45) is 0 Å². The second-order valence-electron chi connectivity index (χ2n) is 4.71. The van der Waals surface area contributed by atoms with Crippen molar-refractivity contribution in [2.45, 2.75) is 30.1 Å². The number of aliphatic hydroxyl groups excluding tert-OH is 1. The zero-order valence-corrected chi connectivity index (χ0v) is 13.5. The van der Waals surface area contributed by atoms with E-state index >= 15 is 0 Å². The molecule has 0 saturated carbocycles. The summed E-state index contributed by atoms with van der Waals surface area (Å²) in [4.78, 5) is -0.00220. The van der Waals surface area contributed by atoms with E-state index in [1.807, 2.05) is 20.1 Å². The summed E-state index contributed by atoms with van der Waals surface area (Å²) < 4.78 is 26.7. The Hall–Kier alpha value is -0.270. The first-order chi connectivity index (χ1) is 8.72. The lowest BCUT2D eigenvalue weighted by Gasteiger charge is -2.22. The third kappa shape index (κ3) is 4.65. The molecule has 0 atom stereocenters. The number of halogens is 1. The van der Waals surface area contributed by atoms with Crippen LogP contribution in [0.4, 0.5) is 0 Å². The van der Waals surface area contributed by atoms with E-state index in [4.69, 9.17) is 16.7 Å². The van der Waals surface area contributed by atoms with Crippen molar-refractivity contribution in [3.05, 3.63) is 28.8 Å². The molecule has 2 N–H and O–H groups in total. The van der Waals surface area contributed by atoms with Gasteiger partial charge in [-0.15, -0.1) is 0 Å². The minimum atomic E-state index is -3.67. The molecule has 0 unspecified atom stereocenters. The largest absolute Gasteiger partial charge is 0.392 e. The van der Waals surface area contributed by atoms with Crippen molar-refractivity contribution in [1.82, 2.24) is 4.72 Å². The third-order valence-electron chi connectivity index (χ3n) is 2.71. The Kier molecular flexibility index (Phi) is 5.70. The van der Waals surface area contributed by atoms with Gasteiger partial charge in [-0.1, -0.05) is 17.7 Å². The van der Waals surface area contributed by atoms with E-state index in [2.05, 4.69) is 4.72 Å². The number of hydrogen-bond acceptors (Lipinski definition) is 4. The zero-order chi connectivity index (χ0) is 14.7. The van der Waals surface area contributed by atoms with E-state index < -0.39 is 10.0 Å². The maximum Gasteiger partial charge on any atom is 0.242 e. The lowest BCUT2D eigenvalue weighted by Crippen LogP contribution is -2.36. The van der Waals surface area contributed by atoms with Crippen LogP contribution in [0.2, 0.25) is 5.02 Å². The van der Waals surface area contributed by atoms with Crippen LogP contribution in [0, 0.1) is 0 Å². The highest BCUT2D eigenvalue weighted by atomic mass is 35.5. The predicted octanol–water partition coefficient (Wildman–Crippen LogP) is 2.25. The molecular weight excluding hydrogens is 306 g/mol. The predicted molar refractivity (Wildman–Crippen MR) is 80.2 cm³/mol. The Morgan fingerprint density at radius 1 is 1.42 bits per heavy atom. The summed E-state index contributed by atoms with van der Waals surface area (Å²) in [5.41, 5.74) is 0.508. The van der Waals surface area contributed by atoms with Crippen LogP contribution in [0.25, 0.3) is 0 Å². The average Bonchev–Trinajstić information content (AvgIpc) is 2.37. The maximum atomic E-state index is 12.2. The summed E-state index contributed by atoms with van der Waals surface area (Å²) in [6.45, 7) is 3.98. The zero-order valence-electron chi connectivity index (χ0n) is 11.1. The molecule has 0 aromatic heterocycles. The van der Waals surface area contributed by atoms with Gasteiger partial charge in [-0.3, -0.25) is 0 Å². The van der Waals surface area contributed by atoms with Crippen molar-refractivity contribution >= 4 is 33.4 Å². The Morgan fingerprint density at radius 3 is 2.58 bits per heavy atom. The van der Waals surface area contributed by atoms with Gasteiger partial charge in [0.05, 0.1) is 11.6 Å². The maximum absolute atomic E-state index is 12.2. The van der Waals surface area contributed by atoms with Crippen LogP contribution >= 0.6 is 23.4 Å². The van der Waals surface area contributed by atoms with Gasteiger partial charge in [-0.05, 0) is 37.8 Å². The number of sulfonamides is 1. The van der Waals surface area contributed by atoms with Gasteiger partial charge in [0.2, 0.25) is 10.0 Å². The molecule has 0 saturated heterocycles. The molecule has 1 aromatic carbocycles.